The van der Waals surface area contributed by atoms with Crippen LogP contribution in [0.1, 0.15) is 37.5 Å². The van der Waals surface area contributed by atoms with E-state index in [4.69, 9.17) is 0 Å². The lowest BCUT2D eigenvalue weighted by atomic mass is 9.92. The second kappa shape index (κ2) is 7.14. The second-order valence-corrected chi connectivity index (χ2v) is 6.28. The molecule has 0 aromatic heterocycles. The summed E-state index contributed by atoms with van der Waals surface area (Å²) in [7, 11) is 0. The molecule has 2 N–H and O–H groups in total. The maximum Gasteiger partial charge on any atom is 0.315 e. The molecule has 0 saturated heterocycles. The largest absolute Gasteiger partial charge is 0.334 e. The van der Waals surface area contributed by atoms with Crippen LogP contribution in [0, 0.1) is 0 Å². The molecule has 0 aliphatic carbocycles. The molecule has 3 nitrogen and oxygen atoms in total. The lowest BCUT2D eigenvalue weighted by molar-refractivity contribution is 0.229. The van der Waals surface area contributed by atoms with Gasteiger partial charge < -0.3 is 10.6 Å². The molecule has 0 fully saturated rings. The minimum Gasteiger partial charge on any atom is -0.334 e. The Labute approximate surface area is 138 Å². The summed E-state index contributed by atoms with van der Waals surface area (Å²) in [6, 6.07) is 17.8. The van der Waals surface area contributed by atoms with Gasteiger partial charge in [-0.1, -0.05) is 60.7 Å². The van der Waals surface area contributed by atoms with Gasteiger partial charge >= 0.3 is 6.03 Å². The Morgan fingerprint density at radius 1 is 1.09 bits per heavy atom. The van der Waals surface area contributed by atoms with Crippen molar-refractivity contribution in [2.24, 2.45) is 0 Å². The Hall–Kier alpha value is -2.55. The zero-order chi connectivity index (χ0) is 16.9. The Morgan fingerprint density at radius 3 is 2.43 bits per heavy atom. The summed E-state index contributed by atoms with van der Waals surface area (Å²) < 4.78 is 0. The minimum atomic E-state index is -0.466. The first-order chi connectivity index (χ1) is 10.9. The highest BCUT2D eigenvalue weighted by molar-refractivity contribution is 5.75. The molecular weight excluding hydrogens is 284 g/mol. The van der Waals surface area contributed by atoms with E-state index in [1.54, 1.807) is 0 Å². The lowest BCUT2D eigenvalue weighted by Gasteiger charge is -2.27. The van der Waals surface area contributed by atoms with E-state index in [1.165, 1.54) is 0 Å². The van der Waals surface area contributed by atoms with Crippen LogP contribution in [0.3, 0.4) is 0 Å². The molecule has 3 heteroatoms. The highest BCUT2D eigenvalue weighted by atomic mass is 16.2. The van der Waals surface area contributed by atoms with E-state index < -0.39 is 5.54 Å². The van der Waals surface area contributed by atoms with Gasteiger partial charge in [-0.25, -0.2) is 4.79 Å². The van der Waals surface area contributed by atoms with Gasteiger partial charge in [0.25, 0.3) is 0 Å². The number of nitrogens with one attached hydrogen (secondary N) is 2. The van der Waals surface area contributed by atoms with E-state index >= 15 is 0 Å². The molecule has 0 radical (unpaired) electrons. The third-order valence-corrected chi connectivity index (χ3v) is 3.80. The SMILES string of the molecule is C=C(C)c1cccc(C(C)(C)NC(=O)NCc2ccccc2)c1. The first-order valence-corrected chi connectivity index (χ1v) is 7.75. The number of carbonyl (C=O) groups is 1. The number of carbonyl (C=O) groups excluding carboxylic acids is 1. The van der Waals surface area contributed by atoms with Crippen LogP contribution in [0.15, 0.2) is 61.2 Å². The van der Waals surface area contributed by atoms with Crippen molar-refractivity contribution in [3.05, 3.63) is 77.9 Å². The van der Waals surface area contributed by atoms with Crippen molar-refractivity contribution in [2.75, 3.05) is 0 Å². The highest BCUT2D eigenvalue weighted by Crippen LogP contribution is 2.23. The van der Waals surface area contributed by atoms with Gasteiger partial charge in [-0.3, -0.25) is 0 Å². The topological polar surface area (TPSA) is 41.1 Å². The standard InChI is InChI=1S/C20H24N2O/c1-15(2)17-11-8-12-18(13-17)20(3,4)22-19(23)21-14-16-9-6-5-7-10-16/h5-13H,1,14H2,2-4H3,(H2,21,22,23). The third-order valence-electron chi connectivity index (χ3n) is 3.80. The normalized spacial score (nSPS) is 10.9. The average molecular weight is 308 g/mol. The smallest absolute Gasteiger partial charge is 0.315 e. The third kappa shape index (κ3) is 4.71. The van der Waals surface area contributed by atoms with Crippen LogP contribution >= 0.6 is 0 Å². The predicted octanol–water partition coefficient (Wildman–Crippen LogP) is 4.45. The molecule has 0 heterocycles. The van der Waals surface area contributed by atoms with Crippen molar-refractivity contribution >= 4 is 11.6 Å². The van der Waals surface area contributed by atoms with Gasteiger partial charge in [-0.05, 0) is 43.5 Å². The molecule has 0 atom stereocenters. The number of amides is 2. The number of urea groups is 1. The number of benzene rings is 2. The van der Waals surface area contributed by atoms with Crippen molar-refractivity contribution in [3.8, 4) is 0 Å². The first-order valence-electron chi connectivity index (χ1n) is 7.75. The molecule has 23 heavy (non-hydrogen) atoms. The van der Waals surface area contributed by atoms with Gasteiger partial charge in [0.15, 0.2) is 0 Å². The van der Waals surface area contributed by atoms with Crippen molar-refractivity contribution < 1.29 is 4.79 Å². The van der Waals surface area contributed by atoms with E-state index in [1.807, 2.05) is 69.3 Å². The van der Waals surface area contributed by atoms with Crippen LogP contribution in [-0.2, 0) is 12.1 Å². The lowest BCUT2D eigenvalue weighted by Crippen LogP contribution is -2.46. The molecule has 0 aliphatic rings. The summed E-state index contributed by atoms with van der Waals surface area (Å²) in [6.07, 6.45) is 0. The van der Waals surface area contributed by atoms with Gasteiger partial charge in [-0.15, -0.1) is 0 Å². The van der Waals surface area contributed by atoms with E-state index in [0.29, 0.717) is 6.54 Å². The summed E-state index contributed by atoms with van der Waals surface area (Å²) in [5.74, 6) is 0. The van der Waals surface area contributed by atoms with Crippen LogP contribution in [0.2, 0.25) is 0 Å². The van der Waals surface area contributed by atoms with Crippen LogP contribution < -0.4 is 10.6 Å². The molecule has 0 aliphatic heterocycles. The highest BCUT2D eigenvalue weighted by Gasteiger charge is 2.23. The van der Waals surface area contributed by atoms with E-state index in [-0.39, 0.29) is 6.03 Å². The van der Waals surface area contributed by atoms with Crippen LogP contribution in [-0.4, -0.2) is 6.03 Å². The van der Waals surface area contributed by atoms with Gasteiger partial charge in [-0.2, -0.15) is 0 Å². The van der Waals surface area contributed by atoms with Crippen LogP contribution in [0.4, 0.5) is 4.79 Å². The van der Waals surface area contributed by atoms with Crippen molar-refractivity contribution in [2.45, 2.75) is 32.9 Å². The number of rotatable bonds is 5. The first kappa shape index (κ1) is 16.8. The molecule has 120 valence electrons. The summed E-state index contributed by atoms with van der Waals surface area (Å²) in [6.45, 7) is 10.4. The zero-order valence-electron chi connectivity index (χ0n) is 14.0. The van der Waals surface area contributed by atoms with Crippen LogP contribution in [0.25, 0.3) is 5.57 Å². The van der Waals surface area contributed by atoms with Crippen molar-refractivity contribution in [1.29, 1.82) is 0 Å². The van der Waals surface area contributed by atoms with Gasteiger partial charge in [0.05, 0.1) is 5.54 Å². The molecule has 0 unspecified atom stereocenters. The molecule has 0 saturated carbocycles. The fraction of sp³-hybridized carbons (Fsp3) is 0.250. The molecule has 2 aromatic carbocycles. The number of hydrogen-bond donors (Lipinski definition) is 2. The second-order valence-electron chi connectivity index (χ2n) is 6.28. The zero-order valence-corrected chi connectivity index (χ0v) is 14.0. The average Bonchev–Trinajstić information content (AvgIpc) is 2.53. The summed E-state index contributed by atoms with van der Waals surface area (Å²) in [5.41, 5.74) is 3.75. The Bertz CT molecular complexity index is 690. The molecule has 2 aromatic rings. The Balaban J connectivity index is 2.01. The summed E-state index contributed by atoms with van der Waals surface area (Å²) in [4.78, 5) is 12.2. The fourth-order valence-corrected chi connectivity index (χ4v) is 2.35. The van der Waals surface area contributed by atoms with Crippen molar-refractivity contribution in [3.63, 3.8) is 0 Å². The van der Waals surface area contributed by atoms with E-state index in [0.717, 1.165) is 22.3 Å². The van der Waals surface area contributed by atoms with E-state index in [2.05, 4.69) is 23.3 Å². The maximum atomic E-state index is 12.2. The van der Waals surface area contributed by atoms with Gasteiger partial charge in [0.2, 0.25) is 0 Å². The maximum absolute atomic E-state index is 12.2. The quantitative estimate of drug-likeness (QED) is 0.841. The summed E-state index contributed by atoms with van der Waals surface area (Å²) in [5, 5.41) is 5.92. The number of allylic oxidation sites excluding steroid dienone is 1. The Kier molecular flexibility index (Phi) is 5.22. The van der Waals surface area contributed by atoms with Gasteiger partial charge in [0, 0.05) is 6.54 Å². The molecule has 2 rings (SSSR count). The number of hydrogen-bond acceptors (Lipinski definition) is 1. The molecule has 0 bridgehead atoms. The summed E-state index contributed by atoms with van der Waals surface area (Å²) >= 11 is 0. The molecule has 0 spiro atoms. The minimum absolute atomic E-state index is 0.181. The van der Waals surface area contributed by atoms with E-state index in [9.17, 15) is 4.79 Å². The Morgan fingerprint density at radius 2 is 1.78 bits per heavy atom. The van der Waals surface area contributed by atoms with Gasteiger partial charge in [0.1, 0.15) is 0 Å². The monoisotopic (exact) mass is 308 g/mol. The molecular formula is C20H24N2O. The predicted molar refractivity (Wildman–Crippen MR) is 96.0 cm³/mol. The fourth-order valence-electron chi connectivity index (χ4n) is 2.35. The van der Waals surface area contributed by atoms with Crippen molar-refractivity contribution in [1.82, 2.24) is 10.6 Å². The molecule has 2 amide bonds. The van der Waals surface area contributed by atoms with Crippen LogP contribution in [0.5, 0.6) is 0 Å².